The molecule has 0 heterocycles. The maximum absolute atomic E-state index is 12.3. The largest absolute Gasteiger partial charge is 0.465 e. The number of alkyl carbamates (subject to hydrolysis) is 2. The van der Waals surface area contributed by atoms with Crippen LogP contribution in [0.2, 0.25) is 0 Å². The lowest BCUT2D eigenvalue weighted by Crippen LogP contribution is -2.43. The van der Waals surface area contributed by atoms with Crippen molar-refractivity contribution in [1.29, 1.82) is 0 Å². The Bertz CT molecular complexity index is 1310. The topological polar surface area (TPSA) is 156 Å². The van der Waals surface area contributed by atoms with Crippen LogP contribution in [0.3, 0.4) is 0 Å². The van der Waals surface area contributed by atoms with Gasteiger partial charge in [-0.1, -0.05) is 95.5 Å². The normalized spacial score (nSPS) is 11.5. The van der Waals surface area contributed by atoms with Gasteiger partial charge in [-0.15, -0.1) is 0 Å². The highest BCUT2D eigenvalue weighted by atomic mass is 16.6. The zero-order valence-corrected chi connectivity index (χ0v) is 28.4. The minimum absolute atomic E-state index is 0.0261. The van der Waals surface area contributed by atoms with Gasteiger partial charge < -0.3 is 34.3 Å². The summed E-state index contributed by atoms with van der Waals surface area (Å²) in [6, 6.07) is 14.4. The van der Waals surface area contributed by atoms with Crippen LogP contribution in [0.4, 0.5) is 9.59 Å². The summed E-state index contributed by atoms with van der Waals surface area (Å²) in [6.07, 6.45) is 2.45. The van der Waals surface area contributed by atoms with Gasteiger partial charge in [0.05, 0.1) is 12.7 Å². The summed E-state index contributed by atoms with van der Waals surface area (Å²) in [6.45, 7) is 15.1. The maximum Gasteiger partial charge on any atom is 0.408 e. The third kappa shape index (κ3) is 17.5. The highest BCUT2D eigenvalue weighted by Gasteiger charge is 2.25. The summed E-state index contributed by atoms with van der Waals surface area (Å²) < 4.78 is 24.9. The van der Waals surface area contributed by atoms with Gasteiger partial charge in [-0.2, -0.15) is 0 Å². The van der Waals surface area contributed by atoms with Gasteiger partial charge in [-0.05, 0) is 47.9 Å². The molecule has 2 aromatic rings. The zero-order valence-electron chi connectivity index (χ0n) is 28.4. The molecule has 2 aromatic carbocycles. The van der Waals surface area contributed by atoms with Gasteiger partial charge >= 0.3 is 30.1 Å². The lowest BCUT2D eigenvalue weighted by Gasteiger charge is -2.19. The van der Waals surface area contributed by atoms with Crippen LogP contribution in [0.15, 0.2) is 79.9 Å². The Labute approximate surface area is 282 Å². The van der Waals surface area contributed by atoms with Crippen LogP contribution >= 0.6 is 0 Å². The van der Waals surface area contributed by atoms with E-state index in [0.717, 1.165) is 5.56 Å². The van der Waals surface area contributed by atoms with Crippen molar-refractivity contribution in [2.24, 2.45) is 11.8 Å². The van der Waals surface area contributed by atoms with Gasteiger partial charge in [0, 0.05) is 0 Å². The second-order valence-corrected chi connectivity index (χ2v) is 11.3. The molecule has 48 heavy (non-hydrogen) atoms. The predicted octanol–water partition coefficient (Wildman–Crippen LogP) is 5.90. The van der Waals surface area contributed by atoms with Gasteiger partial charge in [0.2, 0.25) is 0 Å². The summed E-state index contributed by atoms with van der Waals surface area (Å²) in [5.41, 5.74) is 2.02. The SMILES string of the molecule is C=CCOC(=O)NC(CC(C)C)C(=O)OCc1ccc(C(=O)OC)cc1.C=CCOC(=O)NC(CC(C)C)C(=O)OCc1ccccc1. The average molecular weight is 669 g/mol. The van der Waals surface area contributed by atoms with Crippen molar-refractivity contribution in [3.05, 3.63) is 96.6 Å². The Kier molecular flexibility index (Phi) is 19.8. The molecule has 0 fully saturated rings. The summed E-state index contributed by atoms with van der Waals surface area (Å²) in [5, 5.41) is 5.04. The molecule has 0 bridgehead atoms. The molecular formula is C36H48N2O10. The summed E-state index contributed by atoms with van der Waals surface area (Å²) >= 11 is 0. The number of carbonyl (C=O) groups is 5. The predicted molar refractivity (Wildman–Crippen MR) is 180 cm³/mol. The molecule has 2 N–H and O–H groups in total. The Morgan fingerprint density at radius 1 is 0.646 bits per heavy atom. The lowest BCUT2D eigenvalue weighted by molar-refractivity contribution is -0.148. The van der Waals surface area contributed by atoms with E-state index in [1.165, 1.54) is 19.3 Å². The third-order valence-corrected chi connectivity index (χ3v) is 6.21. The van der Waals surface area contributed by atoms with Crippen molar-refractivity contribution >= 4 is 30.1 Å². The molecule has 0 spiro atoms. The van der Waals surface area contributed by atoms with Gasteiger partial charge in [0.15, 0.2) is 0 Å². The first-order valence-corrected chi connectivity index (χ1v) is 15.5. The molecule has 262 valence electrons. The Hall–Kier alpha value is -5.13. The van der Waals surface area contributed by atoms with E-state index >= 15 is 0 Å². The number of nitrogens with one attached hydrogen (secondary N) is 2. The van der Waals surface area contributed by atoms with Crippen LogP contribution in [0.1, 0.15) is 62.0 Å². The van der Waals surface area contributed by atoms with E-state index in [2.05, 4.69) is 28.5 Å². The minimum atomic E-state index is -0.804. The van der Waals surface area contributed by atoms with Crippen LogP contribution in [0, 0.1) is 11.8 Å². The molecule has 0 saturated heterocycles. The summed E-state index contributed by atoms with van der Waals surface area (Å²) in [4.78, 5) is 59.1. The Morgan fingerprint density at radius 3 is 1.44 bits per heavy atom. The first kappa shape index (κ1) is 40.9. The Balaban J connectivity index is 0.000000487. The summed E-state index contributed by atoms with van der Waals surface area (Å²) in [7, 11) is 1.31. The fourth-order valence-electron chi connectivity index (χ4n) is 3.95. The highest BCUT2D eigenvalue weighted by Crippen LogP contribution is 2.12. The van der Waals surface area contributed by atoms with Crippen LogP contribution in [0.5, 0.6) is 0 Å². The van der Waals surface area contributed by atoms with E-state index in [9.17, 15) is 24.0 Å². The van der Waals surface area contributed by atoms with E-state index in [1.54, 1.807) is 24.3 Å². The van der Waals surface area contributed by atoms with Gasteiger partial charge in [-0.25, -0.2) is 24.0 Å². The van der Waals surface area contributed by atoms with Gasteiger partial charge in [0.1, 0.15) is 38.5 Å². The molecule has 0 radical (unpaired) electrons. The molecule has 0 aromatic heterocycles. The fraction of sp³-hybridized carbons (Fsp3) is 0.417. The molecule has 2 amide bonds. The van der Waals surface area contributed by atoms with Crippen LogP contribution in [-0.2, 0) is 46.5 Å². The van der Waals surface area contributed by atoms with Gasteiger partial charge in [0.25, 0.3) is 0 Å². The first-order valence-electron chi connectivity index (χ1n) is 15.5. The number of hydrogen-bond acceptors (Lipinski definition) is 10. The molecule has 12 nitrogen and oxygen atoms in total. The highest BCUT2D eigenvalue weighted by molar-refractivity contribution is 5.89. The number of methoxy groups -OCH3 is 1. The fourth-order valence-corrected chi connectivity index (χ4v) is 3.95. The second kappa shape index (κ2) is 23.2. The maximum atomic E-state index is 12.3. The van der Waals surface area contributed by atoms with E-state index in [0.29, 0.717) is 24.0 Å². The van der Waals surface area contributed by atoms with Crippen molar-refractivity contribution in [3.8, 4) is 0 Å². The van der Waals surface area contributed by atoms with Crippen LogP contribution in [-0.4, -0.2) is 62.5 Å². The molecule has 0 aliphatic carbocycles. The second-order valence-electron chi connectivity index (χ2n) is 11.3. The standard InChI is InChI=1S/C19H25NO6.C17H23NO4/c1-5-10-25-19(23)20-16(11-13(2)3)18(22)26-12-14-6-8-15(9-7-14)17(21)24-4;1-4-10-21-17(20)18-15(11-13(2)3)16(19)22-12-14-8-6-5-7-9-14/h5-9,13,16H,1,10-12H2,2-4H3,(H,20,23);4-9,13,15H,1,10-12H2,2-3H3,(H,18,20). The number of amides is 2. The molecule has 2 unspecified atom stereocenters. The molecule has 2 rings (SSSR count). The zero-order chi connectivity index (χ0) is 35.9. The number of hydrogen-bond donors (Lipinski definition) is 2. The molecule has 12 heteroatoms. The van der Waals surface area contributed by atoms with Gasteiger partial charge in [-0.3, -0.25) is 0 Å². The monoisotopic (exact) mass is 668 g/mol. The molecule has 2 atom stereocenters. The molecule has 0 saturated carbocycles. The van der Waals surface area contributed by atoms with Crippen molar-refractivity contribution in [3.63, 3.8) is 0 Å². The van der Waals surface area contributed by atoms with Crippen molar-refractivity contribution in [2.75, 3.05) is 20.3 Å². The smallest absolute Gasteiger partial charge is 0.408 e. The number of rotatable bonds is 17. The van der Waals surface area contributed by atoms with Crippen LogP contribution in [0.25, 0.3) is 0 Å². The first-order chi connectivity index (χ1) is 22.9. The quantitative estimate of drug-likeness (QED) is 0.118. The van der Waals surface area contributed by atoms with Crippen molar-refractivity contribution < 1.29 is 47.7 Å². The van der Waals surface area contributed by atoms with Crippen LogP contribution < -0.4 is 10.6 Å². The number of carbonyl (C=O) groups excluding carboxylic acids is 5. The Morgan fingerprint density at radius 2 is 1.06 bits per heavy atom. The molecule has 0 aliphatic rings. The van der Waals surface area contributed by atoms with E-state index in [4.69, 9.17) is 18.9 Å². The lowest BCUT2D eigenvalue weighted by atomic mass is 10.0. The number of esters is 3. The molecular weight excluding hydrogens is 620 g/mol. The average Bonchev–Trinajstić information content (AvgIpc) is 3.07. The van der Waals surface area contributed by atoms with Crippen molar-refractivity contribution in [1.82, 2.24) is 10.6 Å². The third-order valence-electron chi connectivity index (χ3n) is 6.21. The summed E-state index contributed by atoms with van der Waals surface area (Å²) in [5.74, 6) is -1.05. The molecule has 0 aliphatic heterocycles. The number of ether oxygens (including phenoxy) is 5. The van der Waals surface area contributed by atoms with E-state index in [1.807, 2.05) is 58.0 Å². The van der Waals surface area contributed by atoms with Crippen molar-refractivity contribution in [2.45, 2.75) is 65.8 Å². The van der Waals surface area contributed by atoms with E-state index < -0.39 is 42.2 Å². The minimum Gasteiger partial charge on any atom is -0.465 e. The number of benzene rings is 2. The van der Waals surface area contributed by atoms with E-state index in [-0.39, 0.29) is 38.3 Å².